The van der Waals surface area contributed by atoms with Crippen molar-refractivity contribution in [2.45, 2.75) is 18.3 Å². The van der Waals surface area contributed by atoms with Crippen molar-refractivity contribution in [3.05, 3.63) is 0 Å². The number of nitrogens with two attached hydrogens (primary N) is 7. The Balaban J connectivity index is 0. The average molecular weight is 600 g/mol. The van der Waals surface area contributed by atoms with Crippen LogP contribution in [0.4, 0.5) is 0 Å². The first-order valence-electron chi connectivity index (χ1n) is 14.8. The van der Waals surface area contributed by atoms with Gasteiger partial charge < -0.3 is 80.1 Å². The van der Waals surface area contributed by atoms with Crippen molar-refractivity contribution in [1.29, 1.82) is 0 Å². The minimum atomic E-state index is -0.549. The van der Waals surface area contributed by atoms with Crippen molar-refractivity contribution in [2.75, 3.05) is 144 Å². The molecule has 2 heterocycles. The van der Waals surface area contributed by atoms with Crippen LogP contribution in [0.15, 0.2) is 0 Å². The molecule has 2 fully saturated rings. The maximum absolute atomic E-state index is 9.38. The van der Waals surface area contributed by atoms with Crippen molar-refractivity contribution >= 4 is 0 Å². The SMILES string of the molecule is NCCN(CCN)CCN.NCCNCCN.NCCNCCNCCN.OC(COCC1CO1)COCC1CO1. The third-order valence-corrected chi connectivity index (χ3v) is 5.13. The van der Waals surface area contributed by atoms with E-state index in [1.807, 2.05) is 0 Å². The number of rotatable bonds is 25. The molecule has 2 aliphatic rings. The molecule has 2 unspecified atom stereocenters. The number of hydrogen-bond acceptors (Lipinski definition) is 16. The zero-order valence-electron chi connectivity index (χ0n) is 25.4. The number of ether oxygens (including phenoxy) is 4. The van der Waals surface area contributed by atoms with Crippen LogP contribution in [0.5, 0.6) is 0 Å². The van der Waals surface area contributed by atoms with E-state index >= 15 is 0 Å². The number of hydrogen-bond donors (Lipinski definition) is 11. The van der Waals surface area contributed by atoms with E-state index in [0.717, 1.165) is 72.1 Å². The Morgan fingerprint density at radius 1 is 0.585 bits per heavy atom. The first-order chi connectivity index (χ1) is 20.0. The van der Waals surface area contributed by atoms with Gasteiger partial charge in [-0.05, 0) is 0 Å². The molecule has 0 aromatic heterocycles. The monoisotopic (exact) mass is 600 g/mol. The van der Waals surface area contributed by atoms with Crippen molar-refractivity contribution in [2.24, 2.45) is 40.1 Å². The summed E-state index contributed by atoms with van der Waals surface area (Å²) in [6, 6.07) is 0. The second-order valence-electron chi connectivity index (χ2n) is 9.25. The maximum atomic E-state index is 9.38. The van der Waals surface area contributed by atoms with Crippen LogP contribution in [-0.2, 0) is 18.9 Å². The van der Waals surface area contributed by atoms with Gasteiger partial charge in [0.05, 0.1) is 39.6 Å². The standard InChI is InChI=1S/C9H16O5.2C6H18N4.C4H13N3/c10-7(1-11-3-8-5-13-8)2-12-4-9-6-14-9;7-1-4-10(5-2-8)6-3-9;7-1-3-9-5-6-10-4-2-8;5-1-3-7-4-2-6/h7-10H,1-6H2;1-9H2;9-10H,1-8H2;7H,1-6H2. The van der Waals surface area contributed by atoms with Gasteiger partial charge in [-0.25, -0.2) is 0 Å². The lowest BCUT2D eigenvalue weighted by Gasteiger charge is -2.18. The predicted molar refractivity (Wildman–Crippen MR) is 166 cm³/mol. The van der Waals surface area contributed by atoms with Gasteiger partial charge in [0.25, 0.3) is 0 Å². The van der Waals surface area contributed by atoms with Crippen LogP contribution < -0.4 is 56.1 Å². The lowest BCUT2D eigenvalue weighted by Crippen LogP contribution is -2.37. The van der Waals surface area contributed by atoms with E-state index in [9.17, 15) is 5.11 Å². The molecule has 2 aliphatic heterocycles. The van der Waals surface area contributed by atoms with E-state index in [1.54, 1.807) is 0 Å². The average Bonchev–Trinajstić information content (AvgIpc) is 3.90. The van der Waals surface area contributed by atoms with E-state index in [0.29, 0.717) is 72.2 Å². The van der Waals surface area contributed by atoms with Gasteiger partial charge >= 0.3 is 0 Å². The van der Waals surface area contributed by atoms with Crippen molar-refractivity contribution < 1.29 is 24.1 Å². The highest BCUT2D eigenvalue weighted by Crippen LogP contribution is 2.09. The lowest BCUT2D eigenvalue weighted by molar-refractivity contribution is -0.0239. The molecular weight excluding hydrogens is 534 g/mol. The van der Waals surface area contributed by atoms with E-state index < -0.39 is 6.10 Å². The van der Waals surface area contributed by atoms with E-state index in [2.05, 4.69) is 20.9 Å². The van der Waals surface area contributed by atoms with E-state index in [4.69, 9.17) is 59.1 Å². The van der Waals surface area contributed by atoms with Crippen LogP contribution in [0.25, 0.3) is 0 Å². The topological polar surface area (TPSA) is 285 Å². The van der Waals surface area contributed by atoms with Crippen molar-refractivity contribution in [3.8, 4) is 0 Å². The normalized spacial score (nSPS) is 17.5. The maximum Gasteiger partial charge on any atom is 0.104 e. The molecule has 2 atom stereocenters. The highest BCUT2D eigenvalue weighted by Gasteiger charge is 2.24. The number of nitrogens with one attached hydrogen (secondary N) is 3. The summed E-state index contributed by atoms with van der Waals surface area (Å²) >= 11 is 0. The molecule has 18 N–H and O–H groups in total. The van der Waals surface area contributed by atoms with Gasteiger partial charge in [-0.3, -0.25) is 4.90 Å². The molecule has 16 nitrogen and oxygen atoms in total. The Morgan fingerprint density at radius 3 is 1.17 bits per heavy atom. The summed E-state index contributed by atoms with van der Waals surface area (Å²) in [6.45, 7) is 16.3. The molecule has 0 spiro atoms. The molecule has 0 saturated carbocycles. The molecule has 16 heteroatoms. The first-order valence-corrected chi connectivity index (χ1v) is 14.8. The Kier molecular flexibility index (Phi) is 36.8. The van der Waals surface area contributed by atoms with Crippen molar-refractivity contribution in [1.82, 2.24) is 20.9 Å². The number of aliphatic hydroxyl groups excluding tert-OH is 1. The number of epoxide rings is 2. The van der Waals surface area contributed by atoms with Crippen LogP contribution in [0.1, 0.15) is 0 Å². The van der Waals surface area contributed by atoms with Crippen LogP contribution in [0, 0.1) is 0 Å². The number of aliphatic hydroxyl groups is 1. The Bertz CT molecular complexity index is 441. The third-order valence-electron chi connectivity index (χ3n) is 5.13. The second kappa shape index (κ2) is 35.6. The lowest BCUT2D eigenvalue weighted by atomic mass is 10.4. The van der Waals surface area contributed by atoms with Crippen LogP contribution in [0.3, 0.4) is 0 Å². The van der Waals surface area contributed by atoms with Gasteiger partial charge in [-0.15, -0.1) is 0 Å². The fourth-order valence-corrected chi connectivity index (χ4v) is 2.89. The van der Waals surface area contributed by atoms with Gasteiger partial charge in [0, 0.05) is 105 Å². The van der Waals surface area contributed by atoms with Gasteiger partial charge in [-0.2, -0.15) is 0 Å². The van der Waals surface area contributed by atoms with Crippen LogP contribution in [0.2, 0.25) is 0 Å². The Morgan fingerprint density at radius 2 is 0.902 bits per heavy atom. The summed E-state index contributed by atoms with van der Waals surface area (Å²) in [4.78, 5) is 2.17. The Labute approximate surface area is 248 Å². The molecule has 2 rings (SSSR count). The first kappa shape index (κ1) is 42.5. The predicted octanol–water partition coefficient (Wildman–Crippen LogP) is -6.08. The Hall–Kier alpha value is -0.640. The fraction of sp³-hybridized carbons (Fsp3) is 1.00. The molecule has 2 saturated heterocycles. The quantitative estimate of drug-likeness (QED) is 0.0344. The molecule has 0 aromatic rings. The minimum Gasteiger partial charge on any atom is -0.388 e. The minimum absolute atomic E-state index is 0.253. The number of nitrogens with zero attached hydrogens (tertiary/aromatic N) is 1. The molecule has 0 bridgehead atoms. The molecule has 41 heavy (non-hydrogen) atoms. The van der Waals surface area contributed by atoms with Gasteiger partial charge in [0.15, 0.2) is 0 Å². The van der Waals surface area contributed by atoms with E-state index in [-0.39, 0.29) is 12.2 Å². The highest BCUT2D eigenvalue weighted by atomic mass is 16.6. The smallest absolute Gasteiger partial charge is 0.104 e. The summed E-state index contributed by atoms with van der Waals surface area (Å²) < 4.78 is 20.3. The van der Waals surface area contributed by atoms with Gasteiger partial charge in [0.1, 0.15) is 18.3 Å². The zero-order chi connectivity index (χ0) is 30.8. The van der Waals surface area contributed by atoms with Crippen LogP contribution >= 0.6 is 0 Å². The van der Waals surface area contributed by atoms with Gasteiger partial charge in [-0.1, -0.05) is 0 Å². The third kappa shape index (κ3) is 39.4. The second-order valence-corrected chi connectivity index (χ2v) is 9.25. The summed E-state index contributed by atoms with van der Waals surface area (Å²) in [5.41, 5.74) is 37.0. The summed E-state index contributed by atoms with van der Waals surface area (Å²) in [7, 11) is 0. The van der Waals surface area contributed by atoms with Crippen molar-refractivity contribution in [3.63, 3.8) is 0 Å². The highest BCUT2D eigenvalue weighted by molar-refractivity contribution is 4.69. The summed E-state index contributed by atoms with van der Waals surface area (Å²) in [5, 5.41) is 18.8. The van der Waals surface area contributed by atoms with E-state index in [1.165, 1.54) is 0 Å². The largest absolute Gasteiger partial charge is 0.388 e. The zero-order valence-corrected chi connectivity index (χ0v) is 25.4. The fourth-order valence-electron chi connectivity index (χ4n) is 2.89. The van der Waals surface area contributed by atoms with Crippen LogP contribution in [-0.4, -0.2) is 173 Å². The summed E-state index contributed by atoms with van der Waals surface area (Å²) in [6.07, 6.45) is -0.0431. The molecular formula is C25H65N11O5. The molecule has 0 aromatic carbocycles. The summed E-state index contributed by atoms with van der Waals surface area (Å²) in [5.74, 6) is 0. The van der Waals surface area contributed by atoms with Gasteiger partial charge in [0.2, 0.25) is 0 Å². The molecule has 0 amide bonds. The molecule has 0 aliphatic carbocycles. The molecule has 250 valence electrons. The molecule has 0 radical (unpaired) electrons.